The van der Waals surface area contributed by atoms with E-state index in [1.54, 1.807) is 0 Å². The molecule has 0 aromatic heterocycles. The molecule has 0 radical (unpaired) electrons. The third-order valence-corrected chi connectivity index (χ3v) is 6.97. The first-order chi connectivity index (χ1) is 11.9. The highest BCUT2D eigenvalue weighted by atomic mass is 16.2. The Morgan fingerprint density at radius 2 is 1.40 bits per heavy atom. The van der Waals surface area contributed by atoms with Gasteiger partial charge in [0.2, 0.25) is 5.91 Å². The van der Waals surface area contributed by atoms with Gasteiger partial charge in [0.25, 0.3) is 0 Å². The van der Waals surface area contributed by atoms with Crippen molar-refractivity contribution in [3.05, 3.63) is 0 Å². The van der Waals surface area contributed by atoms with Gasteiger partial charge in [-0.3, -0.25) is 4.79 Å². The van der Waals surface area contributed by atoms with E-state index in [0.717, 1.165) is 56.5 Å². The Morgan fingerprint density at radius 1 is 0.880 bits per heavy atom. The number of carbonyl (C=O) groups is 2. The summed E-state index contributed by atoms with van der Waals surface area (Å²) in [6, 6.07) is 0.166. The number of amides is 3. The van der Waals surface area contributed by atoms with Crippen molar-refractivity contribution in [2.75, 3.05) is 26.2 Å². The maximum Gasteiger partial charge on any atom is 0.317 e. The van der Waals surface area contributed by atoms with Crippen LogP contribution >= 0.6 is 0 Å². The molecule has 5 nitrogen and oxygen atoms in total. The fourth-order valence-electron chi connectivity index (χ4n) is 6.37. The van der Waals surface area contributed by atoms with Crippen molar-refractivity contribution in [3.8, 4) is 0 Å². The highest BCUT2D eigenvalue weighted by Gasteiger charge is 2.55. The van der Waals surface area contributed by atoms with E-state index < -0.39 is 0 Å². The van der Waals surface area contributed by atoms with Crippen LogP contribution < -0.4 is 5.32 Å². The van der Waals surface area contributed by atoms with E-state index in [0.29, 0.717) is 19.0 Å². The average molecular weight is 348 g/mol. The maximum absolute atomic E-state index is 13.5. The molecule has 1 N–H and O–H groups in total. The molecule has 5 heteroatoms. The molecule has 5 aliphatic rings. The summed E-state index contributed by atoms with van der Waals surface area (Å²) in [6.45, 7) is 6.90. The summed E-state index contributed by atoms with van der Waals surface area (Å²) in [6.07, 6.45) is 8.40. The molecule has 4 bridgehead atoms. The molecular formula is C20H33N3O2. The fraction of sp³-hybridized carbons (Fsp3) is 0.900. The number of hydrogen-bond acceptors (Lipinski definition) is 2. The van der Waals surface area contributed by atoms with Crippen LogP contribution in [0.4, 0.5) is 4.79 Å². The molecule has 0 atom stereocenters. The smallest absolute Gasteiger partial charge is 0.317 e. The monoisotopic (exact) mass is 347 g/mol. The third kappa shape index (κ3) is 3.26. The minimum atomic E-state index is -0.0515. The lowest BCUT2D eigenvalue weighted by Gasteiger charge is -2.56. The zero-order valence-electron chi connectivity index (χ0n) is 15.8. The van der Waals surface area contributed by atoms with Crippen molar-refractivity contribution in [1.29, 1.82) is 0 Å². The first-order valence-corrected chi connectivity index (χ1v) is 10.3. The van der Waals surface area contributed by atoms with E-state index in [9.17, 15) is 9.59 Å². The topological polar surface area (TPSA) is 52.7 Å². The van der Waals surface area contributed by atoms with Crippen molar-refractivity contribution in [1.82, 2.24) is 15.1 Å². The Labute approximate surface area is 151 Å². The molecule has 5 rings (SSSR count). The molecule has 25 heavy (non-hydrogen) atoms. The van der Waals surface area contributed by atoms with E-state index in [1.165, 1.54) is 19.3 Å². The zero-order chi connectivity index (χ0) is 17.6. The second-order valence-corrected chi connectivity index (χ2v) is 9.43. The number of rotatable bonds is 2. The normalized spacial score (nSPS) is 37.3. The summed E-state index contributed by atoms with van der Waals surface area (Å²) in [5.74, 6) is 2.82. The molecule has 0 unspecified atom stereocenters. The molecule has 140 valence electrons. The molecule has 4 aliphatic carbocycles. The van der Waals surface area contributed by atoms with Crippen molar-refractivity contribution in [3.63, 3.8) is 0 Å². The lowest BCUT2D eigenvalue weighted by Crippen LogP contribution is -2.55. The first kappa shape index (κ1) is 17.2. The van der Waals surface area contributed by atoms with Gasteiger partial charge in [0.1, 0.15) is 0 Å². The Kier molecular flexibility index (Phi) is 4.45. The van der Waals surface area contributed by atoms with Gasteiger partial charge in [0.05, 0.1) is 5.41 Å². The average Bonchev–Trinajstić information content (AvgIpc) is 2.78. The fourth-order valence-corrected chi connectivity index (χ4v) is 6.37. The molecule has 1 aliphatic heterocycles. The van der Waals surface area contributed by atoms with Crippen LogP contribution in [0.25, 0.3) is 0 Å². The van der Waals surface area contributed by atoms with Crippen molar-refractivity contribution in [2.45, 2.75) is 64.8 Å². The molecule has 1 heterocycles. The van der Waals surface area contributed by atoms with E-state index in [2.05, 4.69) is 10.2 Å². The van der Waals surface area contributed by atoms with Gasteiger partial charge in [0.15, 0.2) is 0 Å². The molecular weight excluding hydrogens is 314 g/mol. The van der Waals surface area contributed by atoms with Crippen LogP contribution in [0.1, 0.15) is 58.8 Å². The minimum absolute atomic E-state index is 0.0131. The summed E-state index contributed by atoms with van der Waals surface area (Å²) in [7, 11) is 0. The van der Waals surface area contributed by atoms with Crippen LogP contribution in [0, 0.1) is 23.2 Å². The van der Waals surface area contributed by atoms with Crippen LogP contribution in [0.3, 0.4) is 0 Å². The van der Waals surface area contributed by atoms with Crippen molar-refractivity contribution < 1.29 is 9.59 Å². The van der Waals surface area contributed by atoms with E-state index in [-0.39, 0.29) is 17.5 Å². The van der Waals surface area contributed by atoms with Gasteiger partial charge in [-0.2, -0.15) is 0 Å². The molecule has 3 amide bonds. The highest BCUT2D eigenvalue weighted by molar-refractivity contribution is 5.83. The first-order valence-electron chi connectivity index (χ1n) is 10.3. The largest absolute Gasteiger partial charge is 0.340 e. The summed E-state index contributed by atoms with van der Waals surface area (Å²) < 4.78 is 0. The maximum atomic E-state index is 13.5. The number of urea groups is 1. The lowest BCUT2D eigenvalue weighted by atomic mass is 9.49. The van der Waals surface area contributed by atoms with Gasteiger partial charge >= 0.3 is 6.03 Å². The second kappa shape index (κ2) is 6.48. The predicted molar refractivity (Wildman–Crippen MR) is 97.0 cm³/mol. The molecule has 5 fully saturated rings. The van der Waals surface area contributed by atoms with Gasteiger partial charge in [-0.15, -0.1) is 0 Å². The van der Waals surface area contributed by atoms with Crippen LogP contribution in [0.2, 0.25) is 0 Å². The van der Waals surface area contributed by atoms with Crippen LogP contribution in [0.5, 0.6) is 0 Å². The Balaban J connectivity index is 1.41. The SMILES string of the molecule is CC(C)NC(=O)N1CCCN(C(=O)C23CC4CC(CC(C4)C2)C3)CC1. The standard InChI is InChI=1S/C20H33N3O2/c1-14(2)21-19(25)23-5-3-4-22(6-7-23)18(24)20-11-15-8-16(12-20)10-17(9-15)13-20/h14-17H,3-13H2,1-2H3,(H,21,25). The van der Waals surface area contributed by atoms with Gasteiger partial charge < -0.3 is 15.1 Å². The Morgan fingerprint density at radius 3 is 1.96 bits per heavy atom. The molecule has 0 spiro atoms. The third-order valence-electron chi connectivity index (χ3n) is 6.97. The van der Waals surface area contributed by atoms with Crippen LogP contribution in [-0.4, -0.2) is 54.0 Å². The Bertz CT molecular complexity index is 510. The van der Waals surface area contributed by atoms with Gasteiger partial charge in [-0.05, 0) is 76.5 Å². The number of hydrogen-bond donors (Lipinski definition) is 1. The van der Waals surface area contributed by atoms with Crippen LogP contribution in [-0.2, 0) is 4.79 Å². The number of carbonyl (C=O) groups excluding carboxylic acids is 2. The van der Waals surface area contributed by atoms with Crippen LogP contribution in [0.15, 0.2) is 0 Å². The predicted octanol–water partition coefficient (Wildman–Crippen LogP) is 2.86. The van der Waals surface area contributed by atoms with E-state index >= 15 is 0 Å². The Hall–Kier alpha value is -1.26. The highest BCUT2D eigenvalue weighted by Crippen LogP contribution is 2.60. The van der Waals surface area contributed by atoms with Gasteiger partial charge in [-0.1, -0.05) is 0 Å². The van der Waals surface area contributed by atoms with Crippen molar-refractivity contribution >= 4 is 11.9 Å². The quantitative estimate of drug-likeness (QED) is 0.835. The minimum Gasteiger partial charge on any atom is -0.340 e. The van der Waals surface area contributed by atoms with E-state index in [1.807, 2.05) is 18.7 Å². The summed E-state index contributed by atoms with van der Waals surface area (Å²) in [5.41, 5.74) is -0.0515. The van der Waals surface area contributed by atoms with Gasteiger partial charge in [0, 0.05) is 32.2 Å². The van der Waals surface area contributed by atoms with Crippen molar-refractivity contribution in [2.24, 2.45) is 23.2 Å². The zero-order valence-corrected chi connectivity index (χ0v) is 15.8. The molecule has 1 saturated heterocycles. The second-order valence-electron chi connectivity index (χ2n) is 9.43. The van der Waals surface area contributed by atoms with Gasteiger partial charge in [-0.25, -0.2) is 4.79 Å². The number of nitrogens with one attached hydrogen (secondary N) is 1. The molecule has 0 aromatic rings. The summed E-state index contributed by atoms with van der Waals surface area (Å²) in [5, 5.41) is 2.98. The number of nitrogens with zero attached hydrogens (tertiary/aromatic N) is 2. The summed E-state index contributed by atoms with van der Waals surface area (Å²) >= 11 is 0. The van der Waals surface area contributed by atoms with E-state index in [4.69, 9.17) is 0 Å². The molecule has 0 aromatic carbocycles. The summed E-state index contributed by atoms with van der Waals surface area (Å²) in [4.78, 5) is 29.7. The molecule has 4 saturated carbocycles. The lowest BCUT2D eigenvalue weighted by molar-refractivity contribution is -0.157.